The normalized spacial score (nSPS) is 14.7. The summed E-state index contributed by atoms with van der Waals surface area (Å²) in [5, 5.41) is 0. The van der Waals surface area contributed by atoms with E-state index >= 15 is 0 Å². The van der Waals surface area contributed by atoms with E-state index in [1.165, 1.54) is 0 Å². The molecule has 0 bridgehead atoms. The lowest BCUT2D eigenvalue weighted by atomic mass is 9.96. The molecule has 6 heteroatoms. The number of hydrogen-bond donors (Lipinski definition) is 0. The number of hydrogen-bond acceptors (Lipinski definition) is 5. The molecule has 0 N–H and O–H groups in total. The van der Waals surface area contributed by atoms with Gasteiger partial charge in [0.05, 0.1) is 14.2 Å². The number of fused-ring (bicyclic) bond motifs is 1. The second-order valence-corrected chi connectivity index (χ2v) is 7.45. The lowest BCUT2D eigenvalue weighted by molar-refractivity contribution is 0.0706. The van der Waals surface area contributed by atoms with Gasteiger partial charge in [0.15, 0.2) is 23.0 Å². The largest absolute Gasteiger partial charge is 0.493 e. The molecule has 1 saturated heterocycles. The van der Waals surface area contributed by atoms with Gasteiger partial charge in [-0.25, -0.2) is 4.98 Å². The van der Waals surface area contributed by atoms with Crippen LogP contribution in [0.3, 0.4) is 0 Å². The maximum atomic E-state index is 13.2. The van der Waals surface area contributed by atoms with Gasteiger partial charge in [-0.2, -0.15) is 0 Å². The highest BCUT2D eigenvalue weighted by Crippen LogP contribution is 2.35. The minimum absolute atomic E-state index is 0.00252. The highest BCUT2D eigenvalue weighted by atomic mass is 16.5. The number of oxazole rings is 1. The summed E-state index contributed by atoms with van der Waals surface area (Å²) in [7, 11) is 3.18. The fourth-order valence-corrected chi connectivity index (χ4v) is 4.05. The van der Waals surface area contributed by atoms with Gasteiger partial charge in [0.1, 0.15) is 5.52 Å². The van der Waals surface area contributed by atoms with Gasteiger partial charge in [-0.05, 0) is 43.5 Å². The van der Waals surface area contributed by atoms with E-state index in [1.807, 2.05) is 35.2 Å². The maximum absolute atomic E-state index is 13.2. The average Bonchev–Trinajstić information content (AvgIpc) is 3.22. The number of piperidine rings is 1. The lowest BCUT2D eigenvalue weighted by Gasteiger charge is -2.31. The van der Waals surface area contributed by atoms with Crippen molar-refractivity contribution in [2.75, 3.05) is 27.3 Å². The summed E-state index contributed by atoms with van der Waals surface area (Å²) in [6.07, 6.45) is 4.04. The topological polar surface area (TPSA) is 64.8 Å². The van der Waals surface area contributed by atoms with Gasteiger partial charge in [-0.1, -0.05) is 18.2 Å². The molecule has 1 aliphatic heterocycles. The van der Waals surface area contributed by atoms with Gasteiger partial charge in [0.25, 0.3) is 5.91 Å². The summed E-state index contributed by atoms with van der Waals surface area (Å²) >= 11 is 0. The number of rotatable bonds is 6. The molecule has 2 heterocycles. The van der Waals surface area contributed by atoms with Crippen LogP contribution in [-0.2, 0) is 6.42 Å². The summed E-state index contributed by atoms with van der Waals surface area (Å²) in [5.41, 5.74) is 3.18. The van der Waals surface area contributed by atoms with Crippen LogP contribution >= 0.6 is 0 Å². The number of para-hydroxylation sites is 2. The SMILES string of the molecule is C=CCc1cc(C(=O)N2CCC(c3nc4ccccc4o3)CC2)cc(OC)c1OC. The van der Waals surface area contributed by atoms with E-state index in [1.54, 1.807) is 26.4 Å². The third-order valence-electron chi connectivity index (χ3n) is 5.61. The molecule has 1 fully saturated rings. The van der Waals surface area contributed by atoms with Crippen molar-refractivity contribution in [1.82, 2.24) is 9.88 Å². The molecule has 3 aromatic rings. The molecule has 0 atom stereocenters. The van der Waals surface area contributed by atoms with Gasteiger partial charge in [0, 0.05) is 30.1 Å². The third-order valence-corrected chi connectivity index (χ3v) is 5.61. The fraction of sp³-hybridized carbons (Fsp3) is 0.333. The van der Waals surface area contributed by atoms with Crippen LogP contribution in [0.1, 0.15) is 40.6 Å². The van der Waals surface area contributed by atoms with Crippen molar-refractivity contribution in [3.05, 3.63) is 66.1 Å². The van der Waals surface area contributed by atoms with E-state index in [9.17, 15) is 4.79 Å². The van der Waals surface area contributed by atoms with Crippen molar-refractivity contribution in [3.63, 3.8) is 0 Å². The molecule has 30 heavy (non-hydrogen) atoms. The second kappa shape index (κ2) is 8.61. The van der Waals surface area contributed by atoms with Gasteiger partial charge < -0.3 is 18.8 Å². The van der Waals surface area contributed by atoms with Crippen molar-refractivity contribution in [1.29, 1.82) is 0 Å². The van der Waals surface area contributed by atoms with Gasteiger partial charge in [-0.3, -0.25) is 4.79 Å². The molecule has 6 nitrogen and oxygen atoms in total. The van der Waals surface area contributed by atoms with Crippen LogP contribution in [0.2, 0.25) is 0 Å². The Morgan fingerprint density at radius 3 is 2.67 bits per heavy atom. The first-order valence-corrected chi connectivity index (χ1v) is 10.1. The zero-order chi connectivity index (χ0) is 21.1. The Hall–Kier alpha value is -3.28. The summed E-state index contributed by atoms with van der Waals surface area (Å²) in [6.45, 7) is 5.12. The number of ether oxygens (including phenoxy) is 2. The number of likely N-dealkylation sites (tertiary alicyclic amines) is 1. The predicted molar refractivity (Wildman–Crippen MR) is 115 cm³/mol. The molecule has 0 saturated carbocycles. The predicted octanol–water partition coefficient (Wildman–Crippen LogP) is 4.59. The van der Waals surface area contributed by atoms with Gasteiger partial charge in [-0.15, -0.1) is 6.58 Å². The van der Waals surface area contributed by atoms with Crippen LogP contribution in [-0.4, -0.2) is 43.1 Å². The number of allylic oxidation sites excluding steroid dienone is 1. The van der Waals surface area contributed by atoms with E-state index < -0.39 is 0 Å². The number of carbonyl (C=O) groups is 1. The first-order valence-electron chi connectivity index (χ1n) is 10.1. The summed E-state index contributed by atoms with van der Waals surface area (Å²) in [6, 6.07) is 11.4. The van der Waals surface area contributed by atoms with Gasteiger partial charge >= 0.3 is 0 Å². The quantitative estimate of drug-likeness (QED) is 0.560. The van der Waals surface area contributed by atoms with Gasteiger partial charge in [0.2, 0.25) is 0 Å². The summed E-state index contributed by atoms with van der Waals surface area (Å²) in [4.78, 5) is 19.7. The standard InChI is InChI=1S/C24H26N2O4/c1-4-7-17-14-18(15-21(28-2)22(17)29-3)24(27)26-12-10-16(11-13-26)23-25-19-8-5-6-9-20(19)30-23/h4-6,8-9,14-16H,1,7,10-13H2,2-3H3. The number of carbonyl (C=O) groups excluding carboxylic acids is 1. The first kappa shape index (κ1) is 20.0. The Bertz CT molecular complexity index is 1030. The zero-order valence-corrected chi connectivity index (χ0v) is 17.4. The molecule has 1 aromatic heterocycles. The Morgan fingerprint density at radius 1 is 1.23 bits per heavy atom. The summed E-state index contributed by atoms with van der Waals surface area (Å²) in [5.74, 6) is 2.19. The van der Waals surface area contributed by atoms with Crippen molar-refractivity contribution in [3.8, 4) is 11.5 Å². The van der Waals surface area contributed by atoms with E-state index in [0.717, 1.165) is 35.4 Å². The molecule has 2 aromatic carbocycles. The Labute approximate surface area is 176 Å². The van der Waals surface area contributed by atoms with E-state index in [2.05, 4.69) is 11.6 Å². The Morgan fingerprint density at radius 2 is 2.00 bits per heavy atom. The number of aromatic nitrogens is 1. The zero-order valence-electron chi connectivity index (χ0n) is 17.4. The van der Waals surface area contributed by atoms with E-state index in [-0.39, 0.29) is 11.8 Å². The smallest absolute Gasteiger partial charge is 0.254 e. The first-order chi connectivity index (χ1) is 14.6. The Balaban J connectivity index is 1.50. The molecular weight excluding hydrogens is 380 g/mol. The average molecular weight is 406 g/mol. The second-order valence-electron chi connectivity index (χ2n) is 7.45. The highest BCUT2D eigenvalue weighted by Gasteiger charge is 2.28. The third kappa shape index (κ3) is 3.77. The highest BCUT2D eigenvalue weighted by molar-refractivity contribution is 5.95. The van der Waals surface area contributed by atoms with Crippen LogP contribution in [0.4, 0.5) is 0 Å². The van der Waals surface area contributed by atoms with Crippen LogP contribution in [0.15, 0.2) is 53.5 Å². The van der Waals surface area contributed by atoms with Crippen LogP contribution in [0.25, 0.3) is 11.1 Å². The van der Waals surface area contributed by atoms with E-state index in [4.69, 9.17) is 13.9 Å². The Kier molecular flexibility index (Phi) is 5.74. The monoisotopic (exact) mass is 406 g/mol. The van der Waals surface area contributed by atoms with E-state index in [0.29, 0.717) is 36.6 Å². The van der Waals surface area contributed by atoms with Crippen LogP contribution in [0, 0.1) is 0 Å². The molecule has 4 rings (SSSR count). The maximum Gasteiger partial charge on any atom is 0.254 e. The molecule has 0 aliphatic carbocycles. The molecule has 1 aliphatic rings. The lowest BCUT2D eigenvalue weighted by Crippen LogP contribution is -2.38. The van der Waals surface area contributed by atoms with Crippen LogP contribution < -0.4 is 9.47 Å². The summed E-state index contributed by atoms with van der Waals surface area (Å²) < 4.78 is 16.9. The molecule has 156 valence electrons. The van der Waals surface area contributed by atoms with Crippen molar-refractivity contribution < 1.29 is 18.7 Å². The van der Waals surface area contributed by atoms with Crippen LogP contribution in [0.5, 0.6) is 11.5 Å². The molecule has 0 radical (unpaired) electrons. The minimum atomic E-state index is -0.00252. The van der Waals surface area contributed by atoms with Crippen molar-refractivity contribution >= 4 is 17.0 Å². The number of benzene rings is 2. The molecule has 0 spiro atoms. The van der Waals surface area contributed by atoms with Crippen molar-refractivity contribution in [2.24, 2.45) is 0 Å². The number of methoxy groups -OCH3 is 2. The minimum Gasteiger partial charge on any atom is -0.493 e. The molecular formula is C24H26N2O4. The fourth-order valence-electron chi connectivity index (χ4n) is 4.05. The molecule has 1 amide bonds. The number of amides is 1. The number of nitrogens with zero attached hydrogens (tertiary/aromatic N) is 2. The van der Waals surface area contributed by atoms with Crippen molar-refractivity contribution in [2.45, 2.75) is 25.2 Å². The molecule has 0 unspecified atom stereocenters.